The molecule has 0 bridgehead atoms. The zero-order valence-electron chi connectivity index (χ0n) is 11.5. The normalized spacial score (nSPS) is 13.6. The van der Waals surface area contributed by atoms with Gasteiger partial charge >= 0.3 is 0 Å². The fraction of sp³-hybridized carbons (Fsp3) is 0.286. The van der Waals surface area contributed by atoms with Gasteiger partial charge in [0.1, 0.15) is 0 Å². The molecule has 1 atom stereocenters. The highest BCUT2D eigenvalue weighted by Crippen LogP contribution is 2.23. The van der Waals surface area contributed by atoms with Crippen LogP contribution >= 0.6 is 11.3 Å². The smallest absolute Gasteiger partial charge is 0.240 e. The monoisotopic (exact) mass is 310 g/mol. The van der Waals surface area contributed by atoms with E-state index in [1.165, 1.54) is 0 Å². The number of hydrogen-bond donors (Lipinski definition) is 1. The number of likely N-dealkylation sites (N-methyl/N-ethyl adjacent to an activating group) is 1. The topological polar surface area (TPSA) is 49.4 Å². The summed E-state index contributed by atoms with van der Waals surface area (Å²) in [6.07, 6.45) is 0. The first kappa shape index (κ1) is 15.2. The second-order valence-corrected chi connectivity index (χ2v) is 7.41. The fourth-order valence-corrected chi connectivity index (χ4v) is 3.87. The Morgan fingerprint density at radius 2 is 1.85 bits per heavy atom. The predicted molar refractivity (Wildman–Crippen MR) is 82.4 cm³/mol. The van der Waals surface area contributed by atoms with Crippen molar-refractivity contribution in [2.24, 2.45) is 0 Å². The summed E-state index contributed by atoms with van der Waals surface area (Å²) in [4.78, 5) is 3.45. The molecule has 0 amide bonds. The van der Waals surface area contributed by atoms with Gasteiger partial charge in [-0.3, -0.25) is 0 Å². The minimum absolute atomic E-state index is 0.0356. The van der Waals surface area contributed by atoms with Gasteiger partial charge in [-0.15, -0.1) is 11.3 Å². The van der Waals surface area contributed by atoms with Crippen molar-refractivity contribution in [3.63, 3.8) is 0 Å². The van der Waals surface area contributed by atoms with E-state index < -0.39 is 10.0 Å². The van der Waals surface area contributed by atoms with Gasteiger partial charge in [0.15, 0.2) is 0 Å². The zero-order chi connectivity index (χ0) is 14.6. The highest BCUT2D eigenvalue weighted by atomic mass is 32.2. The maximum atomic E-state index is 12.2. The summed E-state index contributed by atoms with van der Waals surface area (Å²) in [7, 11) is 0.439. The summed E-state index contributed by atoms with van der Waals surface area (Å²) in [6, 6.07) is 12.5. The fourth-order valence-electron chi connectivity index (χ4n) is 1.89. The summed E-state index contributed by atoms with van der Waals surface area (Å²) < 4.78 is 27.1. The van der Waals surface area contributed by atoms with Crippen LogP contribution in [-0.4, -0.2) is 34.0 Å². The third-order valence-electron chi connectivity index (χ3n) is 3.02. The van der Waals surface area contributed by atoms with Crippen molar-refractivity contribution in [2.45, 2.75) is 10.9 Å². The van der Waals surface area contributed by atoms with E-state index in [1.807, 2.05) is 36.5 Å². The Bertz CT molecular complexity index is 622. The second kappa shape index (κ2) is 6.49. The molecule has 1 aromatic heterocycles. The average Bonchev–Trinajstić information content (AvgIpc) is 2.93. The Kier molecular flexibility index (Phi) is 4.93. The van der Waals surface area contributed by atoms with Crippen LogP contribution in [0.5, 0.6) is 0 Å². The Labute approximate surface area is 124 Å². The lowest BCUT2D eigenvalue weighted by atomic mass is 10.2. The number of benzene rings is 1. The van der Waals surface area contributed by atoms with E-state index in [0.717, 1.165) is 4.88 Å². The first-order valence-electron chi connectivity index (χ1n) is 6.25. The molecule has 1 heterocycles. The van der Waals surface area contributed by atoms with Crippen LogP contribution in [0.25, 0.3) is 0 Å². The molecule has 2 rings (SSSR count). The Balaban J connectivity index is 2.10. The summed E-state index contributed by atoms with van der Waals surface area (Å²) in [5.41, 5.74) is 0. The van der Waals surface area contributed by atoms with Crippen LogP contribution < -0.4 is 4.72 Å². The van der Waals surface area contributed by atoms with Crippen LogP contribution in [0.1, 0.15) is 10.9 Å². The van der Waals surface area contributed by atoms with Gasteiger partial charge in [-0.25, -0.2) is 13.1 Å². The molecule has 2 aromatic rings. The highest BCUT2D eigenvalue weighted by molar-refractivity contribution is 7.89. The molecule has 0 fully saturated rings. The van der Waals surface area contributed by atoms with Crippen LogP contribution in [-0.2, 0) is 10.0 Å². The molecule has 1 aromatic carbocycles. The quantitative estimate of drug-likeness (QED) is 0.891. The number of rotatable bonds is 6. The molecule has 0 saturated carbocycles. The van der Waals surface area contributed by atoms with Crippen molar-refractivity contribution in [3.8, 4) is 0 Å². The number of thiophene rings is 1. The zero-order valence-corrected chi connectivity index (χ0v) is 13.1. The van der Waals surface area contributed by atoms with Crippen LogP contribution in [0.3, 0.4) is 0 Å². The van der Waals surface area contributed by atoms with E-state index in [0.29, 0.717) is 11.4 Å². The van der Waals surface area contributed by atoms with Crippen LogP contribution in [0.15, 0.2) is 52.7 Å². The summed E-state index contributed by atoms with van der Waals surface area (Å²) in [6.45, 7) is 0.352. The number of nitrogens with one attached hydrogen (secondary N) is 1. The molecule has 0 radical (unpaired) electrons. The SMILES string of the molecule is CN(C)C(CNS(=O)(=O)c1ccccc1)c1cccs1. The maximum Gasteiger partial charge on any atom is 0.240 e. The van der Waals surface area contributed by atoms with E-state index in [2.05, 4.69) is 4.72 Å². The van der Waals surface area contributed by atoms with Crippen molar-refractivity contribution in [3.05, 3.63) is 52.7 Å². The van der Waals surface area contributed by atoms with Gasteiger partial charge in [-0.2, -0.15) is 0 Å². The molecule has 0 aliphatic rings. The molecular formula is C14H18N2O2S2. The number of nitrogens with zero attached hydrogens (tertiary/aromatic N) is 1. The van der Waals surface area contributed by atoms with Crippen molar-refractivity contribution >= 4 is 21.4 Å². The molecular weight excluding hydrogens is 292 g/mol. The Morgan fingerprint density at radius 3 is 2.40 bits per heavy atom. The minimum atomic E-state index is -3.45. The van der Waals surface area contributed by atoms with Crippen molar-refractivity contribution < 1.29 is 8.42 Å². The summed E-state index contributed by atoms with van der Waals surface area (Å²) in [5, 5.41) is 2.00. The van der Waals surface area contributed by atoms with Gasteiger partial charge in [0.05, 0.1) is 10.9 Å². The summed E-state index contributed by atoms with van der Waals surface area (Å²) in [5.74, 6) is 0. The van der Waals surface area contributed by atoms with Gasteiger partial charge in [0.25, 0.3) is 0 Å². The van der Waals surface area contributed by atoms with E-state index in [-0.39, 0.29) is 6.04 Å². The standard InChI is InChI=1S/C14H18N2O2S2/c1-16(2)13(14-9-6-10-19-14)11-15-20(17,18)12-7-4-3-5-8-12/h3-10,13,15H,11H2,1-2H3. The van der Waals surface area contributed by atoms with E-state index in [1.54, 1.807) is 41.7 Å². The van der Waals surface area contributed by atoms with Crippen LogP contribution in [0.2, 0.25) is 0 Å². The molecule has 1 unspecified atom stereocenters. The molecule has 108 valence electrons. The van der Waals surface area contributed by atoms with Gasteiger partial charge in [0, 0.05) is 11.4 Å². The van der Waals surface area contributed by atoms with E-state index >= 15 is 0 Å². The molecule has 0 spiro atoms. The van der Waals surface area contributed by atoms with E-state index in [9.17, 15) is 8.42 Å². The van der Waals surface area contributed by atoms with E-state index in [4.69, 9.17) is 0 Å². The maximum absolute atomic E-state index is 12.2. The minimum Gasteiger partial charge on any atom is -0.300 e. The van der Waals surface area contributed by atoms with Gasteiger partial charge in [0.2, 0.25) is 10.0 Å². The van der Waals surface area contributed by atoms with Gasteiger partial charge in [-0.05, 0) is 37.7 Å². The lowest BCUT2D eigenvalue weighted by Gasteiger charge is -2.23. The molecule has 20 heavy (non-hydrogen) atoms. The largest absolute Gasteiger partial charge is 0.300 e. The van der Waals surface area contributed by atoms with Crippen molar-refractivity contribution in [1.82, 2.24) is 9.62 Å². The predicted octanol–water partition coefficient (Wildman–Crippen LogP) is 2.33. The lowest BCUT2D eigenvalue weighted by Crippen LogP contribution is -2.34. The summed E-state index contributed by atoms with van der Waals surface area (Å²) >= 11 is 1.63. The van der Waals surface area contributed by atoms with Gasteiger partial charge in [-0.1, -0.05) is 24.3 Å². The molecule has 0 saturated heterocycles. The third-order valence-corrected chi connectivity index (χ3v) is 5.43. The van der Waals surface area contributed by atoms with Crippen LogP contribution in [0, 0.1) is 0 Å². The Morgan fingerprint density at radius 1 is 1.15 bits per heavy atom. The average molecular weight is 310 g/mol. The highest BCUT2D eigenvalue weighted by Gasteiger charge is 2.19. The first-order chi connectivity index (χ1) is 9.50. The molecule has 0 aliphatic carbocycles. The molecule has 1 N–H and O–H groups in total. The molecule has 4 nitrogen and oxygen atoms in total. The number of sulfonamides is 1. The van der Waals surface area contributed by atoms with Crippen molar-refractivity contribution in [2.75, 3.05) is 20.6 Å². The van der Waals surface area contributed by atoms with Crippen molar-refractivity contribution in [1.29, 1.82) is 0 Å². The third kappa shape index (κ3) is 3.67. The molecule has 0 aliphatic heterocycles. The first-order valence-corrected chi connectivity index (χ1v) is 8.61. The lowest BCUT2D eigenvalue weighted by molar-refractivity contribution is 0.303. The van der Waals surface area contributed by atoms with Gasteiger partial charge < -0.3 is 4.90 Å². The van der Waals surface area contributed by atoms with Crippen LogP contribution in [0.4, 0.5) is 0 Å². The molecule has 6 heteroatoms. The second-order valence-electron chi connectivity index (χ2n) is 4.66. The Hall–Kier alpha value is -1.21. The number of hydrogen-bond acceptors (Lipinski definition) is 4.